The zero-order chi connectivity index (χ0) is 13.9. The van der Waals surface area contributed by atoms with Crippen LogP contribution in [0.15, 0.2) is 18.2 Å². The van der Waals surface area contributed by atoms with Gasteiger partial charge in [0, 0.05) is 17.9 Å². The molecule has 1 aromatic rings. The quantitative estimate of drug-likeness (QED) is 0.646. The van der Waals surface area contributed by atoms with Gasteiger partial charge in [-0.15, -0.1) is 0 Å². The van der Waals surface area contributed by atoms with Gasteiger partial charge in [0.2, 0.25) is 0 Å². The Morgan fingerprint density at radius 3 is 2.74 bits per heavy atom. The molecule has 3 N–H and O–H groups in total. The van der Waals surface area contributed by atoms with Gasteiger partial charge in [-0.2, -0.15) is 0 Å². The Labute approximate surface area is 114 Å². The minimum Gasteiger partial charge on any atom is -0.465 e. The molecule has 0 atom stereocenters. The van der Waals surface area contributed by atoms with Crippen LogP contribution in [0.25, 0.3) is 0 Å². The summed E-state index contributed by atoms with van der Waals surface area (Å²) in [5.74, 6) is -0.355. The van der Waals surface area contributed by atoms with Crippen molar-refractivity contribution in [3.8, 4) is 0 Å². The molecule has 0 radical (unpaired) electrons. The molecule has 1 fully saturated rings. The van der Waals surface area contributed by atoms with Crippen molar-refractivity contribution in [2.75, 3.05) is 24.7 Å². The molecule has 0 bridgehead atoms. The summed E-state index contributed by atoms with van der Waals surface area (Å²) in [6.45, 7) is 3.17. The molecule has 1 aromatic carbocycles. The first kappa shape index (κ1) is 13.7. The number of nitrogens with two attached hydrogens (primary N) is 1. The van der Waals surface area contributed by atoms with E-state index in [1.807, 2.05) is 6.07 Å². The standard InChI is InChI=1S/C15H22N2O2/c1-15(7-3-4-8-15)10-17-13-6-5-11(16)9-12(13)14(18)19-2/h5-6,9,17H,3-4,7-8,10,16H2,1-2H3. The van der Waals surface area contributed by atoms with Crippen LogP contribution < -0.4 is 11.1 Å². The van der Waals surface area contributed by atoms with Crippen molar-refractivity contribution in [3.63, 3.8) is 0 Å². The molecular weight excluding hydrogens is 240 g/mol. The first-order valence-electron chi connectivity index (χ1n) is 6.76. The van der Waals surface area contributed by atoms with Crippen molar-refractivity contribution < 1.29 is 9.53 Å². The van der Waals surface area contributed by atoms with Crippen molar-refractivity contribution >= 4 is 17.3 Å². The van der Waals surface area contributed by atoms with E-state index in [1.165, 1.54) is 32.8 Å². The molecule has 0 amide bonds. The van der Waals surface area contributed by atoms with Crippen molar-refractivity contribution in [1.29, 1.82) is 0 Å². The lowest BCUT2D eigenvalue weighted by molar-refractivity contribution is 0.0602. The number of nitrogen functional groups attached to an aromatic ring is 1. The molecule has 19 heavy (non-hydrogen) atoms. The second-order valence-corrected chi connectivity index (χ2v) is 5.67. The van der Waals surface area contributed by atoms with Crippen LogP contribution in [0.2, 0.25) is 0 Å². The fourth-order valence-corrected chi connectivity index (χ4v) is 2.71. The number of methoxy groups -OCH3 is 1. The highest BCUT2D eigenvalue weighted by atomic mass is 16.5. The van der Waals surface area contributed by atoms with Crippen molar-refractivity contribution in [2.45, 2.75) is 32.6 Å². The van der Waals surface area contributed by atoms with E-state index in [0.717, 1.165) is 12.2 Å². The van der Waals surface area contributed by atoms with Crippen molar-refractivity contribution in [3.05, 3.63) is 23.8 Å². The Bertz CT molecular complexity index is 465. The van der Waals surface area contributed by atoms with Gasteiger partial charge >= 0.3 is 5.97 Å². The zero-order valence-electron chi connectivity index (χ0n) is 11.7. The first-order chi connectivity index (χ1) is 9.04. The van der Waals surface area contributed by atoms with Gasteiger partial charge in [-0.05, 0) is 36.5 Å². The predicted molar refractivity (Wildman–Crippen MR) is 77.3 cm³/mol. The number of ether oxygens (including phenoxy) is 1. The highest BCUT2D eigenvalue weighted by Crippen LogP contribution is 2.37. The maximum absolute atomic E-state index is 11.7. The molecule has 0 unspecified atom stereocenters. The summed E-state index contributed by atoms with van der Waals surface area (Å²) in [6, 6.07) is 5.30. The van der Waals surface area contributed by atoms with Crippen LogP contribution in [-0.2, 0) is 4.74 Å². The molecular formula is C15H22N2O2. The van der Waals surface area contributed by atoms with Gasteiger partial charge in [0.15, 0.2) is 0 Å². The van der Waals surface area contributed by atoms with Crippen molar-refractivity contribution in [2.24, 2.45) is 5.41 Å². The van der Waals surface area contributed by atoms with E-state index in [1.54, 1.807) is 12.1 Å². The number of rotatable bonds is 4. The van der Waals surface area contributed by atoms with Crippen LogP contribution in [0.1, 0.15) is 43.0 Å². The monoisotopic (exact) mass is 262 g/mol. The average molecular weight is 262 g/mol. The number of benzene rings is 1. The second-order valence-electron chi connectivity index (χ2n) is 5.67. The Balaban J connectivity index is 2.13. The van der Waals surface area contributed by atoms with E-state index in [2.05, 4.69) is 12.2 Å². The van der Waals surface area contributed by atoms with Crippen LogP contribution in [-0.4, -0.2) is 19.6 Å². The van der Waals surface area contributed by atoms with Gasteiger partial charge in [0.25, 0.3) is 0 Å². The molecule has 0 heterocycles. The minimum absolute atomic E-state index is 0.328. The highest BCUT2D eigenvalue weighted by Gasteiger charge is 2.28. The van der Waals surface area contributed by atoms with Crippen LogP contribution in [0.5, 0.6) is 0 Å². The summed E-state index contributed by atoms with van der Waals surface area (Å²) < 4.78 is 4.79. The van der Waals surface area contributed by atoms with E-state index >= 15 is 0 Å². The maximum Gasteiger partial charge on any atom is 0.340 e. The van der Waals surface area contributed by atoms with E-state index in [4.69, 9.17) is 10.5 Å². The van der Waals surface area contributed by atoms with Gasteiger partial charge in [-0.25, -0.2) is 4.79 Å². The Morgan fingerprint density at radius 2 is 2.11 bits per heavy atom. The van der Waals surface area contributed by atoms with E-state index in [-0.39, 0.29) is 5.97 Å². The normalized spacial score (nSPS) is 17.2. The summed E-state index contributed by atoms with van der Waals surface area (Å²) in [7, 11) is 1.38. The maximum atomic E-state index is 11.7. The second kappa shape index (κ2) is 5.51. The molecule has 0 aliphatic heterocycles. The Morgan fingerprint density at radius 1 is 1.42 bits per heavy atom. The summed E-state index contributed by atoms with van der Waals surface area (Å²) in [4.78, 5) is 11.7. The van der Waals surface area contributed by atoms with Crippen LogP contribution >= 0.6 is 0 Å². The third kappa shape index (κ3) is 3.19. The number of hydrogen-bond acceptors (Lipinski definition) is 4. The molecule has 104 valence electrons. The minimum atomic E-state index is -0.355. The summed E-state index contributed by atoms with van der Waals surface area (Å²) >= 11 is 0. The SMILES string of the molecule is COC(=O)c1cc(N)ccc1NCC1(C)CCCC1. The fraction of sp³-hybridized carbons (Fsp3) is 0.533. The molecule has 0 aromatic heterocycles. The summed E-state index contributed by atoms with van der Waals surface area (Å²) in [5, 5.41) is 3.38. The number of anilines is 2. The predicted octanol–water partition coefficient (Wildman–Crippen LogP) is 3.05. The number of esters is 1. The molecule has 1 saturated carbocycles. The van der Waals surface area contributed by atoms with Crippen molar-refractivity contribution in [1.82, 2.24) is 0 Å². The van der Waals surface area contributed by atoms with Gasteiger partial charge in [-0.1, -0.05) is 19.8 Å². The fourth-order valence-electron chi connectivity index (χ4n) is 2.71. The largest absolute Gasteiger partial charge is 0.465 e. The van der Waals surface area contributed by atoms with Gasteiger partial charge in [0.05, 0.1) is 12.7 Å². The summed E-state index contributed by atoms with van der Waals surface area (Å²) in [5.41, 5.74) is 7.93. The summed E-state index contributed by atoms with van der Waals surface area (Å²) in [6.07, 6.45) is 5.07. The van der Waals surface area contributed by atoms with Gasteiger partial charge in [0.1, 0.15) is 0 Å². The molecule has 0 saturated heterocycles. The number of hydrogen-bond donors (Lipinski definition) is 2. The van der Waals surface area contributed by atoms with E-state index in [0.29, 0.717) is 16.7 Å². The van der Waals surface area contributed by atoms with Crippen LogP contribution in [0.4, 0.5) is 11.4 Å². The van der Waals surface area contributed by atoms with E-state index in [9.17, 15) is 4.79 Å². The zero-order valence-corrected chi connectivity index (χ0v) is 11.7. The molecule has 0 spiro atoms. The lowest BCUT2D eigenvalue weighted by Gasteiger charge is -2.25. The lowest BCUT2D eigenvalue weighted by Crippen LogP contribution is -2.24. The number of carbonyl (C=O) groups is 1. The topological polar surface area (TPSA) is 64.3 Å². The van der Waals surface area contributed by atoms with E-state index < -0.39 is 0 Å². The first-order valence-corrected chi connectivity index (χ1v) is 6.76. The highest BCUT2D eigenvalue weighted by molar-refractivity contribution is 5.96. The van der Waals surface area contributed by atoms with Crippen LogP contribution in [0.3, 0.4) is 0 Å². The van der Waals surface area contributed by atoms with Gasteiger partial charge in [-0.3, -0.25) is 0 Å². The molecule has 1 aliphatic carbocycles. The smallest absolute Gasteiger partial charge is 0.340 e. The lowest BCUT2D eigenvalue weighted by atomic mass is 9.89. The molecule has 1 aliphatic rings. The average Bonchev–Trinajstić information content (AvgIpc) is 2.83. The number of nitrogens with one attached hydrogen (secondary N) is 1. The third-order valence-corrected chi connectivity index (χ3v) is 3.97. The molecule has 4 nitrogen and oxygen atoms in total. The number of carbonyl (C=O) groups excluding carboxylic acids is 1. The van der Waals surface area contributed by atoms with Crippen LogP contribution in [0, 0.1) is 5.41 Å². The molecule has 4 heteroatoms. The molecule has 2 rings (SSSR count). The third-order valence-electron chi connectivity index (χ3n) is 3.97. The van der Waals surface area contributed by atoms with Gasteiger partial charge < -0.3 is 15.8 Å². The Hall–Kier alpha value is -1.71. The Kier molecular flexibility index (Phi) is 3.98.